The van der Waals surface area contributed by atoms with Crippen molar-refractivity contribution in [3.05, 3.63) is 64.7 Å². The van der Waals surface area contributed by atoms with Crippen molar-refractivity contribution in [1.29, 1.82) is 0 Å². The van der Waals surface area contributed by atoms with Crippen LogP contribution in [0.3, 0.4) is 0 Å². The Labute approximate surface area is 185 Å². The van der Waals surface area contributed by atoms with Gasteiger partial charge in [0.05, 0.1) is 11.3 Å². The normalized spacial score (nSPS) is 18.8. The lowest BCUT2D eigenvalue weighted by Crippen LogP contribution is -2.35. The fourth-order valence-corrected chi connectivity index (χ4v) is 5.04. The van der Waals surface area contributed by atoms with Crippen molar-refractivity contribution in [1.82, 2.24) is 15.2 Å². The highest BCUT2D eigenvalue weighted by Crippen LogP contribution is 2.30. The number of nitrogens with one attached hydrogen (secondary N) is 1. The molecule has 1 aromatic carbocycles. The van der Waals surface area contributed by atoms with Crippen LogP contribution in [0.2, 0.25) is 0 Å². The zero-order chi connectivity index (χ0) is 21.6. The van der Waals surface area contributed by atoms with Crippen molar-refractivity contribution in [2.75, 3.05) is 19.6 Å². The second-order valence-corrected chi connectivity index (χ2v) is 9.24. The van der Waals surface area contributed by atoms with E-state index in [1.54, 1.807) is 6.07 Å². The van der Waals surface area contributed by atoms with Crippen molar-refractivity contribution in [2.45, 2.75) is 64.3 Å². The van der Waals surface area contributed by atoms with Crippen molar-refractivity contribution < 1.29 is 9.18 Å². The molecule has 0 bridgehead atoms. The number of halogens is 1. The third-order valence-electron chi connectivity index (χ3n) is 6.91. The molecule has 31 heavy (non-hydrogen) atoms. The smallest absolute Gasteiger partial charge is 0.253 e. The molecule has 1 aliphatic carbocycles. The van der Waals surface area contributed by atoms with Crippen molar-refractivity contribution in [2.24, 2.45) is 5.92 Å². The Kier molecular flexibility index (Phi) is 7.33. The first-order valence-corrected chi connectivity index (χ1v) is 11.8. The molecule has 2 heterocycles. The molecule has 1 aliphatic heterocycles. The summed E-state index contributed by atoms with van der Waals surface area (Å²) in [5.41, 5.74) is 3.37. The first-order chi connectivity index (χ1) is 15.1. The number of rotatable bonds is 6. The highest BCUT2D eigenvalue weighted by Gasteiger charge is 2.26. The van der Waals surface area contributed by atoms with Crippen LogP contribution >= 0.6 is 0 Å². The lowest BCUT2D eigenvalue weighted by Gasteiger charge is -2.32. The topological polar surface area (TPSA) is 45.2 Å². The Morgan fingerprint density at radius 2 is 1.81 bits per heavy atom. The molecule has 2 fully saturated rings. The van der Waals surface area contributed by atoms with Gasteiger partial charge in [-0.25, -0.2) is 4.39 Å². The lowest BCUT2D eigenvalue weighted by molar-refractivity contribution is 0.0940. The molecule has 0 spiro atoms. The van der Waals surface area contributed by atoms with E-state index in [1.165, 1.54) is 38.2 Å². The molecule has 0 atom stereocenters. The van der Waals surface area contributed by atoms with Gasteiger partial charge in [0.15, 0.2) is 0 Å². The van der Waals surface area contributed by atoms with E-state index in [4.69, 9.17) is 4.98 Å². The monoisotopic (exact) mass is 423 g/mol. The molecule has 1 saturated heterocycles. The molecule has 1 N–H and O–H groups in total. The van der Waals surface area contributed by atoms with Crippen molar-refractivity contribution >= 4 is 5.91 Å². The van der Waals surface area contributed by atoms with E-state index in [1.807, 2.05) is 31.2 Å². The minimum absolute atomic E-state index is 0.0156. The Bertz CT molecular complexity index is 886. The Morgan fingerprint density at radius 1 is 1.06 bits per heavy atom. The summed E-state index contributed by atoms with van der Waals surface area (Å²) in [6.07, 6.45) is 8.21. The predicted octanol–water partition coefficient (Wildman–Crippen LogP) is 5.22. The summed E-state index contributed by atoms with van der Waals surface area (Å²) in [6, 6.07) is 10.9. The minimum Gasteiger partial charge on any atom is -0.352 e. The Morgan fingerprint density at radius 3 is 2.55 bits per heavy atom. The number of hydrogen-bond donors (Lipinski definition) is 1. The third-order valence-corrected chi connectivity index (χ3v) is 6.91. The molecule has 1 saturated carbocycles. The molecule has 166 valence electrons. The lowest BCUT2D eigenvalue weighted by atomic mass is 9.88. The molecule has 0 unspecified atom stereocenters. The zero-order valence-electron chi connectivity index (χ0n) is 18.6. The van der Waals surface area contributed by atoms with Gasteiger partial charge in [0.2, 0.25) is 0 Å². The van der Waals surface area contributed by atoms with Crippen molar-refractivity contribution in [3.8, 4) is 0 Å². The fraction of sp³-hybridized carbons (Fsp3) is 0.538. The number of hydrogen-bond acceptors (Lipinski definition) is 3. The molecule has 2 aromatic rings. The van der Waals surface area contributed by atoms with Gasteiger partial charge in [-0.05, 0) is 69.8 Å². The molecule has 1 aromatic heterocycles. The second kappa shape index (κ2) is 10.4. The molecule has 0 radical (unpaired) electrons. The van der Waals surface area contributed by atoms with Gasteiger partial charge in [-0.3, -0.25) is 14.7 Å². The van der Waals surface area contributed by atoms with Crippen LogP contribution in [0, 0.1) is 18.7 Å². The van der Waals surface area contributed by atoms with E-state index >= 15 is 0 Å². The zero-order valence-corrected chi connectivity index (χ0v) is 18.6. The number of aryl methyl sites for hydroxylation is 1. The summed E-state index contributed by atoms with van der Waals surface area (Å²) >= 11 is 0. The second-order valence-electron chi connectivity index (χ2n) is 9.24. The maximum atomic E-state index is 14.0. The number of likely N-dealkylation sites (tertiary alicyclic amines) is 1. The number of nitrogens with zero attached hydrogens (tertiary/aromatic N) is 2. The quantitative estimate of drug-likeness (QED) is 0.693. The predicted molar refractivity (Wildman–Crippen MR) is 122 cm³/mol. The van der Waals surface area contributed by atoms with Crippen LogP contribution in [0.1, 0.15) is 78.2 Å². The molecular formula is C26H34FN3O. The number of carbonyl (C=O) groups excluding carboxylic acids is 1. The Balaban J connectivity index is 1.38. The molecule has 2 aliphatic rings. The van der Waals surface area contributed by atoms with Gasteiger partial charge < -0.3 is 5.32 Å². The number of piperidine rings is 1. The third kappa shape index (κ3) is 5.70. The van der Waals surface area contributed by atoms with Gasteiger partial charge in [0.1, 0.15) is 5.82 Å². The average Bonchev–Trinajstić information content (AvgIpc) is 2.80. The highest BCUT2D eigenvalue weighted by molar-refractivity contribution is 5.95. The van der Waals surface area contributed by atoms with E-state index in [9.17, 15) is 9.18 Å². The number of benzene rings is 1. The molecule has 1 amide bonds. The SMILES string of the molecule is Cc1ccc(C(=O)NCC2CCCCC2)c(C2CCN(Cc3ccccc3F)CC2)n1. The van der Waals surface area contributed by atoms with E-state index < -0.39 is 0 Å². The molecule has 5 heteroatoms. The van der Waals surface area contributed by atoms with Crippen LogP contribution in [0.4, 0.5) is 4.39 Å². The first kappa shape index (κ1) is 21.9. The van der Waals surface area contributed by atoms with E-state index in [0.717, 1.165) is 55.0 Å². The van der Waals surface area contributed by atoms with Gasteiger partial charge >= 0.3 is 0 Å². The average molecular weight is 424 g/mol. The number of aromatic nitrogens is 1. The van der Waals surface area contributed by atoms with Gasteiger partial charge in [-0.1, -0.05) is 37.5 Å². The van der Waals surface area contributed by atoms with E-state index in [0.29, 0.717) is 12.5 Å². The van der Waals surface area contributed by atoms with Gasteiger partial charge in [-0.2, -0.15) is 0 Å². The van der Waals surface area contributed by atoms with Crippen LogP contribution in [0.25, 0.3) is 0 Å². The van der Waals surface area contributed by atoms with Crippen LogP contribution in [-0.2, 0) is 6.54 Å². The van der Waals surface area contributed by atoms with Crippen molar-refractivity contribution in [3.63, 3.8) is 0 Å². The summed E-state index contributed by atoms with van der Waals surface area (Å²) < 4.78 is 14.0. The number of amides is 1. The Hall–Kier alpha value is -2.27. The van der Waals surface area contributed by atoms with Gasteiger partial charge in [-0.15, -0.1) is 0 Å². The maximum absolute atomic E-state index is 14.0. The van der Waals surface area contributed by atoms with Gasteiger partial charge in [0, 0.05) is 30.3 Å². The number of carbonyl (C=O) groups is 1. The first-order valence-electron chi connectivity index (χ1n) is 11.8. The summed E-state index contributed by atoms with van der Waals surface area (Å²) in [6.45, 7) is 5.17. The van der Waals surface area contributed by atoms with Crippen LogP contribution in [0.15, 0.2) is 36.4 Å². The van der Waals surface area contributed by atoms with E-state index in [2.05, 4.69) is 10.2 Å². The van der Waals surface area contributed by atoms with Gasteiger partial charge in [0.25, 0.3) is 5.91 Å². The highest BCUT2D eigenvalue weighted by atomic mass is 19.1. The summed E-state index contributed by atoms with van der Waals surface area (Å²) in [7, 11) is 0. The molecule has 4 rings (SSSR count). The van der Waals surface area contributed by atoms with E-state index in [-0.39, 0.29) is 17.6 Å². The largest absolute Gasteiger partial charge is 0.352 e. The molecule has 4 nitrogen and oxygen atoms in total. The summed E-state index contributed by atoms with van der Waals surface area (Å²) in [5, 5.41) is 3.18. The van der Waals surface area contributed by atoms with Crippen LogP contribution in [0.5, 0.6) is 0 Å². The number of pyridine rings is 1. The summed E-state index contributed by atoms with van der Waals surface area (Å²) in [4.78, 5) is 20.1. The van der Waals surface area contributed by atoms with Crippen LogP contribution in [-0.4, -0.2) is 35.4 Å². The maximum Gasteiger partial charge on any atom is 0.253 e. The summed E-state index contributed by atoms with van der Waals surface area (Å²) in [5.74, 6) is 0.761. The van der Waals surface area contributed by atoms with Crippen LogP contribution < -0.4 is 5.32 Å². The minimum atomic E-state index is -0.137. The fourth-order valence-electron chi connectivity index (χ4n) is 5.04. The standard InChI is InChI=1S/C26H34FN3O/c1-19-11-12-23(26(31)28-17-20-7-3-2-4-8-20)25(29-19)21-13-15-30(16-14-21)18-22-9-5-6-10-24(22)27/h5-6,9-12,20-21H,2-4,7-8,13-18H2,1H3,(H,28,31). The molecular weight excluding hydrogens is 389 g/mol.